The van der Waals surface area contributed by atoms with Crippen molar-refractivity contribution in [1.29, 1.82) is 0 Å². The highest BCUT2D eigenvalue weighted by Gasteiger charge is 2.19. The molecule has 420 valence electrons. The second-order valence-corrected chi connectivity index (χ2v) is 23.3. The Morgan fingerprint density at radius 1 is 0.189 bits per heavy atom. The van der Waals surface area contributed by atoms with Crippen molar-refractivity contribution in [2.45, 2.75) is 0 Å². The standard InChI is InChI=1S/C47H30N2.C39H26N2/c1-2-12-32(13-3-1)47-48-45-30-35(44-29-34-15-5-7-17-38(34)40-19-9-11-21-42(40)44)24-27-46(45)49(47)36-25-22-31(23-26-36)43-28-33-14-4-6-16-37(33)39-18-8-10-20-41(39)43;1-2-10-30(11-3-1)39-40-37-26-35(34-17-15-28-9-5-7-13-32(28)25-34)20-23-38(37)41(39)36-21-18-29(19-22-36)33-16-14-27-8-4-6-12-31(27)24-33/h1-30H;1-26H. The predicted molar refractivity (Wildman–Crippen MR) is 380 cm³/mol. The van der Waals surface area contributed by atoms with Crippen LogP contribution in [0.4, 0.5) is 0 Å². The molecule has 0 aliphatic carbocycles. The van der Waals surface area contributed by atoms with Crippen LogP contribution < -0.4 is 0 Å². The quantitative estimate of drug-likeness (QED) is 0.142. The maximum Gasteiger partial charge on any atom is 0.145 e. The van der Waals surface area contributed by atoms with Gasteiger partial charge in [0.15, 0.2) is 0 Å². The molecule has 18 rings (SSSR count). The van der Waals surface area contributed by atoms with Crippen LogP contribution >= 0.6 is 0 Å². The lowest BCUT2D eigenvalue weighted by Gasteiger charge is -2.14. The zero-order valence-corrected chi connectivity index (χ0v) is 49.1. The van der Waals surface area contributed by atoms with E-state index in [2.05, 4.69) is 343 Å². The maximum absolute atomic E-state index is 5.31. The van der Waals surface area contributed by atoms with E-state index in [4.69, 9.17) is 9.97 Å². The summed E-state index contributed by atoms with van der Waals surface area (Å²) in [6, 6.07) is 122. The van der Waals surface area contributed by atoms with Crippen molar-refractivity contribution in [2.24, 2.45) is 0 Å². The SMILES string of the molecule is c1ccc(-c2nc3cc(-c4cc5ccccc5c5ccccc45)ccc3n2-c2ccc(-c3cc4ccccc4c4ccccc34)cc2)cc1.c1ccc(-c2nc3cc(-c4ccc5ccccc5c4)ccc3n2-c2ccc(-c3ccc4ccccc4c3)cc2)cc1. The summed E-state index contributed by atoms with van der Waals surface area (Å²) in [5.41, 5.74) is 18.1. The van der Waals surface area contributed by atoms with Gasteiger partial charge in [0.2, 0.25) is 0 Å². The molecule has 0 atom stereocenters. The molecule has 0 saturated heterocycles. The van der Waals surface area contributed by atoms with Gasteiger partial charge in [0.1, 0.15) is 11.6 Å². The smallest absolute Gasteiger partial charge is 0.145 e. The van der Waals surface area contributed by atoms with E-state index in [1.807, 2.05) is 6.07 Å². The van der Waals surface area contributed by atoms with Crippen LogP contribution in [0.5, 0.6) is 0 Å². The third-order valence-electron chi connectivity index (χ3n) is 17.9. The number of hydrogen-bond donors (Lipinski definition) is 0. The molecule has 16 aromatic carbocycles. The van der Waals surface area contributed by atoms with Crippen LogP contribution in [0, 0.1) is 0 Å². The molecule has 0 spiro atoms. The summed E-state index contributed by atoms with van der Waals surface area (Å²) >= 11 is 0. The molecule has 0 amide bonds. The number of nitrogens with zero attached hydrogens (tertiary/aromatic N) is 4. The molecule has 4 heteroatoms. The molecule has 18 aromatic rings. The van der Waals surface area contributed by atoms with Crippen molar-refractivity contribution in [3.63, 3.8) is 0 Å². The van der Waals surface area contributed by atoms with Crippen LogP contribution in [0.2, 0.25) is 0 Å². The normalized spacial score (nSPS) is 11.6. The Hall–Kier alpha value is -12.0. The van der Waals surface area contributed by atoms with Gasteiger partial charge in [-0.1, -0.05) is 267 Å². The second-order valence-electron chi connectivity index (χ2n) is 23.3. The van der Waals surface area contributed by atoms with E-state index in [1.54, 1.807) is 0 Å². The Morgan fingerprint density at radius 3 is 1.01 bits per heavy atom. The number of hydrogen-bond acceptors (Lipinski definition) is 2. The number of imidazole rings is 2. The molecule has 0 aliphatic heterocycles. The molecule has 2 heterocycles. The van der Waals surface area contributed by atoms with Gasteiger partial charge in [-0.05, 0) is 182 Å². The molecule has 0 radical (unpaired) electrons. The fourth-order valence-electron chi connectivity index (χ4n) is 13.5. The van der Waals surface area contributed by atoms with Crippen molar-refractivity contribution in [3.05, 3.63) is 340 Å². The van der Waals surface area contributed by atoms with Crippen molar-refractivity contribution >= 4 is 86.7 Å². The van der Waals surface area contributed by atoms with Gasteiger partial charge in [0.25, 0.3) is 0 Å². The molecule has 0 fully saturated rings. The van der Waals surface area contributed by atoms with Crippen LogP contribution in [0.1, 0.15) is 0 Å². The molecule has 2 aromatic heterocycles. The van der Waals surface area contributed by atoms with Crippen molar-refractivity contribution in [3.8, 4) is 78.7 Å². The lowest BCUT2D eigenvalue weighted by atomic mass is 9.93. The van der Waals surface area contributed by atoms with Crippen LogP contribution in [0.25, 0.3) is 165 Å². The summed E-state index contributed by atoms with van der Waals surface area (Å²) in [7, 11) is 0. The maximum atomic E-state index is 5.31. The molecular weight excluding hydrogens is 1090 g/mol. The summed E-state index contributed by atoms with van der Waals surface area (Å²) < 4.78 is 4.58. The van der Waals surface area contributed by atoms with Crippen LogP contribution in [-0.2, 0) is 0 Å². The first-order valence-corrected chi connectivity index (χ1v) is 30.8. The molecule has 0 N–H and O–H groups in total. The molecule has 0 bridgehead atoms. The summed E-state index contributed by atoms with van der Waals surface area (Å²) in [5, 5.41) is 15.1. The van der Waals surface area contributed by atoms with Gasteiger partial charge in [-0.2, -0.15) is 0 Å². The first-order chi connectivity index (χ1) is 44.6. The topological polar surface area (TPSA) is 35.6 Å². The zero-order chi connectivity index (χ0) is 59.5. The van der Waals surface area contributed by atoms with Crippen molar-refractivity contribution in [1.82, 2.24) is 19.1 Å². The number of fused-ring (bicyclic) bond motifs is 10. The number of benzene rings is 16. The van der Waals surface area contributed by atoms with Crippen LogP contribution in [-0.4, -0.2) is 19.1 Å². The summed E-state index contributed by atoms with van der Waals surface area (Å²) in [6.45, 7) is 0. The minimum absolute atomic E-state index is 0.931. The summed E-state index contributed by atoms with van der Waals surface area (Å²) in [4.78, 5) is 10.5. The van der Waals surface area contributed by atoms with Gasteiger partial charge in [-0.3, -0.25) is 9.13 Å². The van der Waals surface area contributed by atoms with E-state index in [0.717, 1.165) is 61.8 Å². The first-order valence-electron chi connectivity index (χ1n) is 30.8. The van der Waals surface area contributed by atoms with Gasteiger partial charge in [0, 0.05) is 22.5 Å². The van der Waals surface area contributed by atoms with Crippen LogP contribution in [0.15, 0.2) is 340 Å². The fourth-order valence-corrected chi connectivity index (χ4v) is 13.5. The van der Waals surface area contributed by atoms with Gasteiger partial charge in [-0.15, -0.1) is 0 Å². The molecule has 4 nitrogen and oxygen atoms in total. The Balaban J connectivity index is 0.000000141. The molecule has 0 saturated carbocycles. The third-order valence-corrected chi connectivity index (χ3v) is 17.9. The highest BCUT2D eigenvalue weighted by molar-refractivity contribution is 6.15. The second kappa shape index (κ2) is 22.1. The van der Waals surface area contributed by atoms with Gasteiger partial charge in [-0.25, -0.2) is 9.97 Å². The van der Waals surface area contributed by atoms with E-state index < -0.39 is 0 Å². The van der Waals surface area contributed by atoms with Gasteiger partial charge in [0.05, 0.1) is 22.1 Å². The van der Waals surface area contributed by atoms with Gasteiger partial charge >= 0.3 is 0 Å². The Bertz CT molecular complexity index is 5760. The largest absolute Gasteiger partial charge is 0.292 e. The van der Waals surface area contributed by atoms with Gasteiger partial charge < -0.3 is 0 Å². The molecule has 0 unspecified atom stereocenters. The van der Waals surface area contributed by atoms with E-state index in [9.17, 15) is 0 Å². The Morgan fingerprint density at radius 2 is 0.522 bits per heavy atom. The van der Waals surface area contributed by atoms with E-state index in [-0.39, 0.29) is 0 Å². The lowest BCUT2D eigenvalue weighted by Crippen LogP contribution is -1.97. The minimum Gasteiger partial charge on any atom is -0.292 e. The zero-order valence-electron chi connectivity index (χ0n) is 49.1. The average Bonchev–Trinajstić information content (AvgIpc) is 1.67. The Labute approximate surface area is 521 Å². The monoisotopic (exact) mass is 1140 g/mol. The minimum atomic E-state index is 0.931. The van der Waals surface area contributed by atoms with Crippen molar-refractivity contribution < 1.29 is 0 Å². The van der Waals surface area contributed by atoms with Crippen molar-refractivity contribution in [2.75, 3.05) is 0 Å². The molecule has 90 heavy (non-hydrogen) atoms. The highest BCUT2D eigenvalue weighted by Crippen LogP contribution is 2.41. The van der Waals surface area contributed by atoms with E-state index >= 15 is 0 Å². The lowest BCUT2D eigenvalue weighted by molar-refractivity contribution is 1.10. The summed E-state index contributed by atoms with van der Waals surface area (Å²) in [6.07, 6.45) is 0. The average molecular weight is 1150 g/mol. The number of aromatic nitrogens is 4. The third kappa shape index (κ3) is 9.34. The number of rotatable bonds is 8. The fraction of sp³-hybridized carbons (Fsp3) is 0. The van der Waals surface area contributed by atoms with E-state index in [1.165, 1.54) is 104 Å². The Kier molecular flexibility index (Phi) is 12.8. The molecule has 0 aliphatic rings. The van der Waals surface area contributed by atoms with Crippen LogP contribution in [0.3, 0.4) is 0 Å². The van der Waals surface area contributed by atoms with E-state index in [0.29, 0.717) is 0 Å². The predicted octanol–water partition coefficient (Wildman–Crippen LogP) is 23.0. The summed E-state index contributed by atoms with van der Waals surface area (Å²) in [5.74, 6) is 1.87. The molecular formula is C86H56N4. The first kappa shape index (κ1) is 52.4. The highest BCUT2D eigenvalue weighted by atomic mass is 15.1.